The van der Waals surface area contributed by atoms with Crippen LogP contribution in [0.5, 0.6) is 0 Å². The van der Waals surface area contributed by atoms with Crippen molar-refractivity contribution in [2.24, 2.45) is 17.7 Å². The molecule has 0 radical (unpaired) electrons. The van der Waals surface area contributed by atoms with Crippen molar-refractivity contribution >= 4 is 11.4 Å². The van der Waals surface area contributed by atoms with E-state index in [1.165, 1.54) is 5.01 Å². The number of hydrogen-bond donors (Lipinski definition) is 3. The maximum Gasteiger partial charge on any atom is 0.143 e. The van der Waals surface area contributed by atoms with Gasteiger partial charge >= 0.3 is 0 Å². The van der Waals surface area contributed by atoms with Crippen LogP contribution in [0.1, 0.15) is 26.7 Å². The van der Waals surface area contributed by atoms with E-state index in [9.17, 15) is 5.11 Å². The molecule has 3 unspecified atom stereocenters. The van der Waals surface area contributed by atoms with Crippen LogP contribution in [0.2, 0.25) is 0 Å². The predicted molar refractivity (Wildman–Crippen MR) is 92.5 cm³/mol. The number of benzene rings is 1. The minimum atomic E-state index is -0.769. The van der Waals surface area contributed by atoms with Crippen molar-refractivity contribution in [1.82, 2.24) is 0 Å². The SMILES string of the molecule is C=C.C=CCC(CC)C(C)C(O)N(N)c1ccccc1N. The van der Waals surface area contributed by atoms with Crippen molar-refractivity contribution in [2.75, 3.05) is 10.7 Å². The van der Waals surface area contributed by atoms with E-state index in [0.717, 1.165) is 12.8 Å². The molecule has 0 aliphatic heterocycles. The van der Waals surface area contributed by atoms with Gasteiger partial charge in [0.1, 0.15) is 6.23 Å². The van der Waals surface area contributed by atoms with Gasteiger partial charge in [0.15, 0.2) is 0 Å². The van der Waals surface area contributed by atoms with E-state index in [-0.39, 0.29) is 5.92 Å². The minimum absolute atomic E-state index is 0.0348. The van der Waals surface area contributed by atoms with Gasteiger partial charge in [-0.1, -0.05) is 38.5 Å². The predicted octanol–water partition coefficient (Wildman–Crippen LogP) is 3.31. The molecule has 0 aliphatic carbocycles. The van der Waals surface area contributed by atoms with Crippen molar-refractivity contribution in [1.29, 1.82) is 0 Å². The fourth-order valence-corrected chi connectivity index (χ4v) is 2.33. The normalized spacial score (nSPS) is 14.3. The Labute approximate surface area is 128 Å². The van der Waals surface area contributed by atoms with Crippen molar-refractivity contribution in [3.05, 3.63) is 50.1 Å². The minimum Gasteiger partial charge on any atom is -0.397 e. The number of para-hydroxylation sites is 2. The molecular formula is C17H29N3O. The topological polar surface area (TPSA) is 75.5 Å². The molecule has 21 heavy (non-hydrogen) atoms. The summed E-state index contributed by atoms with van der Waals surface area (Å²) in [4.78, 5) is 0. The van der Waals surface area contributed by atoms with Gasteiger partial charge in [-0.15, -0.1) is 19.7 Å². The second kappa shape index (κ2) is 10.0. The molecule has 0 saturated carbocycles. The first-order valence-corrected chi connectivity index (χ1v) is 7.20. The zero-order valence-corrected chi connectivity index (χ0v) is 13.2. The molecule has 3 atom stereocenters. The van der Waals surface area contributed by atoms with E-state index in [1.54, 1.807) is 12.1 Å². The average Bonchev–Trinajstić information content (AvgIpc) is 2.53. The molecule has 5 N–H and O–H groups in total. The number of nitrogen functional groups attached to an aromatic ring is 1. The Hall–Kier alpha value is -1.78. The molecule has 0 amide bonds. The Balaban J connectivity index is 0.00000191. The van der Waals surface area contributed by atoms with E-state index in [2.05, 4.69) is 26.7 Å². The molecule has 118 valence electrons. The molecule has 4 heteroatoms. The van der Waals surface area contributed by atoms with Gasteiger partial charge in [0.2, 0.25) is 0 Å². The van der Waals surface area contributed by atoms with Gasteiger partial charge in [0.05, 0.1) is 11.4 Å². The number of nitrogens with two attached hydrogens (primary N) is 2. The molecule has 1 rings (SSSR count). The molecule has 0 aliphatic rings. The fraction of sp³-hybridized carbons (Fsp3) is 0.412. The van der Waals surface area contributed by atoms with Crippen LogP contribution in [0, 0.1) is 11.8 Å². The molecule has 1 aromatic rings. The smallest absolute Gasteiger partial charge is 0.143 e. The summed E-state index contributed by atoms with van der Waals surface area (Å²) >= 11 is 0. The number of anilines is 2. The van der Waals surface area contributed by atoms with E-state index in [0.29, 0.717) is 17.3 Å². The van der Waals surface area contributed by atoms with Crippen LogP contribution in [-0.2, 0) is 0 Å². The van der Waals surface area contributed by atoms with Crippen molar-refractivity contribution in [3.8, 4) is 0 Å². The average molecular weight is 291 g/mol. The lowest BCUT2D eigenvalue weighted by Crippen LogP contribution is -2.47. The fourth-order valence-electron chi connectivity index (χ4n) is 2.33. The number of aliphatic hydroxyl groups is 1. The third-order valence-electron chi connectivity index (χ3n) is 3.71. The first-order chi connectivity index (χ1) is 10.0. The summed E-state index contributed by atoms with van der Waals surface area (Å²) in [5.41, 5.74) is 7.09. The van der Waals surface area contributed by atoms with Gasteiger partial charge in [-0.3, -0.25) is 5.01 Å². The van der Waals surface area contributed by atoms with Crippen LogP contribution in [0.4, 0.5) is 11.4 Å². The molecule has 0 saturated heterocycles. The maximum absolute atomic E-state index is 10.4. The van der Waals surface area contributed by atoms with E-state index >= 15 is 0 Å². The van der Waals surface area contributed by atoms with Crippen molar-refractivity contribution < 1.29 is 5.11 Å². The van der Waals surface area contributed by atoms with Crippen molar-refractivity contribution in [2.45, 2.75) is 32.9 Å². The van der Waals surface area contributed by atoms with Crippen LogP contribution in [0.3, 0.4) is 0 Å². The summed E-state index contributed by atoms with van der Waals surface area (Å²) in [5, 5.41) is 11.8. The lowest BCUT2D eigenvalue weighted by molar-refractivity contribution is 0.0777. The number of allylic oxidation sites excluding steroid dienone is 1. The molecule has 0 bridgehead atoms. The lowest BCUT2D eigenvalue weighted by atomic mass is 9.87. The van der Waals surface area contributed by atoms with Gasteiger partial charge in [0.25, 0.3) is 0 Å². The lowest BCUT2D eigenvalue weighted by Gasteiger charge is -2.34. The molecule has 0 aromatic heterocycles. The monoisotopic (exact) mass is 291 g/mol. The molecule has 0 fully saturated rings. The van der Waals surface area contributed by atoms with Crippen molar-refractivity contribution in [3.63, 3.8) is 0 Å². The summed E-state index contributed by atoms with van der Waals surface area (Å²) in [5.74, 6) is 6.39. The second-order valence-electron chi connectivity index (χ2n) is 4.93. The van der Waals surface area contributed by atoms with E-state index in [1.807, 2.05) is 25.1 Å². The Bertz CT molecular complexity index is 422. The van der Waals surface area contributed by atoms with Gasteiger partial charge in [-0.05, 0) is 24.5 Å². The quantitative estimate of drug-likeness (QED) is 0.237. The maximum atomic E-state index is 10.4. The van der Waals surface area contributed by atoms with Crippen LogP contribution >= 0.6 is 0 Å². The summed E-state index contributed by atoms with van der Waals surface area (Å²) < 4.78 is 0. The highest BCUT2D eigenvalue weighted by molar-refractivity contribution is 5.66. The summed E-state index contributed by atoms with van der Waals surface area (Å²) in [6.45, 7) is 13.9. The Kier molecular flexibility index (Phi) is 9.17. The van der Waals surface area contributed by atoms with Crippen LogP contribution in [0.15, 0.2) is 50.1 Å². The highest BCUT2D eigenvalue weighted by Crippen LogP contribution is 2.28. The summed E-state index contributed by atoms with van der Waals surface area (Å²) in [7, 11) is 0. The first-order valence-electron chi connectivity index (χ1n) is 7.20. The third kappa shape index (κ3) is 5.25. The van der Waals surface area contributed by atoms with E-state index < -0.39 is 6.23 Å². The first kappa shape index (κ1) is 19.2. The van der Waals surface area contributed by atoms with Crippen LogP contribution in [-0.4, -0.2) is 11.3 Å². The Morgan fingerprint density at radius 1 is 1.33 bits per heavy atom. The standard InChI is InChI=1S/C15H25N3O.C2H4/c1-4-8-12(5-2)11(3)15(19)18(17)14-10-7-6-9-13(14)16;1-2/h4,6-7,9-12,15,19H,1,5,8,16-17H2,2-3H3;1-2H2. The molecular weight excluding hydrogens is 262 g/mol. The zero-order valence-electron chi connectivity index (χ0n) is 13.2. The Morgan fingerprint density at radius 3 is 2.38 bits per heavy atom. The number of hydrazine groups is 1. The third-order valence-corrected chi connectivity index (χ3v) is 3.71. The number of rotatable bonds is 7. The highest BCUT2D eigenvalue weighted by atomic mass is 16.3. The number of aliphatic hydroxyl groups excluding tert-OH is 1. The summed E-state index contributed by atoms with van der Waals surface area (Å²) in [6.07, 6.45) is 2.96. The second-order valence-corrected chi connectivity index (χ2v) is 4.93. The summed E-state index contributed by atoms with van der Waals surface area (Å²) in [6, 6.07) is 7.27. The zero-order chi connectivity index (χ0) is 16.4. The molecule has 1 aromatic carbocycles. The van der Waals surface area contributed by atoms with Crippen LogP contribution < -0.4 is 16.6 Å². The number of nitrogens with zero attached hydrogens (tertiary/aromatic N) is 1. The molecule has 0 spiro atoms. The van der Waals surface area contributed by atoms with Gasteiger partial charge in [-0.25, -0.2) is 5.84 Å². The number of hydrogen-bond acceptors (Lipinski definition) is 4. The molecule has 4 nitrogen and oxygen atoms in total. The van der Waals surface area contributed by atoms with Gasteiger partial charge in [-0.2, -0.15) is 0 Å². The highest BCUT2D eigenvalue weighted by Gasteiger charge is 2.26. The Morgan fingerprint density at radius 2 is 1.90 bits per heavy atom. The van der Waals surface area contributed by atoms with Gasteiger partial charge in [0, 0.05) is 5.92 Å². The van der Waals surface area contributed by atoms with Gasteiger partial charge < -0.3 is 10.8 Å². The molecule has 0 heterocycles. The van der Waals surface area contributed by atoms with Crippen LogP contribution in [0.25, 0.3) is 0 Å². The largest absolute Gasteiger partial charge is 0.397 e. The van der Waals surface area contributed by atoms with E-state index in [4.69, 9.17) is 11.6 Å².